The molecule has 0 amide bonds. The largest absolute Gasteiger partial charge is 0.418 e. The molecule has 0 bridgehead atoms. The maximum absolute atomic E-state index is 12.6. The molecule has 154 valence electrons. The van der Waals surface area contributed by atoms with Crippen molar-refractivity contribution in [3.05, 3.63) is 41.6 Å². The van der Waals surface area contributed by atoms with Crippen LogP contribution in [0.3, 0.4) is 0 Å². The lowest BCUT2D eigenvalue weighted by atomic mass is 9.84. The van der Waals surface area contributed by atoms with Gasteiger partial charge in [0.1, 0.15) is 0 Å². The molecule has 0 aliphatic heterocycles. The third kappa shape index (κ3) is 4.58. The highest BCUT2D eigenvalue weighted by atomic mass is 19.4. The van der Waals surface area contributed by atoms with Crippen molar-refractivity contribution in [3.63, 3.8) is 0 Å². The third-order valence-corrected chi connectivity index (χ3v) is 4.98. The highest BCUT2D eigenvalue weighted by molar-refractivity contribution is 5.83. The number of carbonyl (C=O) groups is 1. The molecule has 1 saturated carbocycles. The van der Waals surface area contributed by atoms with Gasteiger partial charge in [0, 0.05) is 11.9 Å². The van der Waals surface area contributed by atoms with Crippen LogP contribution in [0.15, 0.2) is 30.5 Å². The van der Waals surface area contributed by atoms with Gasteiger partial charge < -0.3 is 15.5 Å². The molecule has 0 saturated heterocycles. The van der Waals surface area contributed by atoms with Crippen molar-refractivity contribution in [1.29, 1.82) is 5.26 Å². The number of carbonyl (C=O) groups excluding carboxylic acids is 1. The topological polar surface area (TPSA) is 111 Å². The summed E-state index contributed by atoms with van der Waals surface area (Å²) in [5.74, 6) is -0.249. The van der Waals surface area contributed by atoms with Gasteiger partial charge in [0.15, 0.2) is 18.2 Å². The molecule has 1 heterocycles. The minimum absolute atomic E-state index is 0.201. The maximum atomic E-state index is 12.6. The van der Waals surface area contributed by atoms with E-state index in [0.29, 0.717) is 31.2 Å². The molecular weight excluding hydrogens is 389 g/mol. The molecule has 1 aliphatic carbocycles. The van der Waals surface area contributed by atoms with Crippen molar-refractivity contribution in [1.82, 2.24) is 9.78 Å². The Morgan fingerprint density at radius 1 is 1.31 bits per heavy atom. The lowest BCUT2D eigenvalue weighted by molar-refractivity contribution is -0.206. The Balaban J connectivity index is 1.80. The minimum atomic E-state index is -4.76. The number of alkyl halides is 3. The van der Waals surface area contributed by atoms with Crippen molar-refractivity contribution in [2.75, 3.05) is 5.32 Å². The van der Waals surface area contributed by atoms with Crippen LogP contribution >= 0.6 is 0 Å². The second-order valence-corrected chi connectivity index (χ2v) is 6.99. The average Bonchev–Trinajstić information content (AvgIpc) is 3.09. The molecule has 1 aliphatic rings. The zero-order valence-electron chi connectivity index (χ0n) is 15.2. The molecule has 1 fully saturated rings. The van der Waals surface area contributed by atoms with Gasteiger partial charge in [-0.25, -0.2) is 0 Å². The smallest absolute Gasteiger partial charge is 0.393 e. The lowest BCUT2D eigenvalue weighted by Gasteiger charge is -2.30. The van der Waals surface area contributed by atoms with E-state index in [2.05, 4.69) is 16.5 Å². The van der Waals surface area contributed by atoms with E-state index in [1.165, 1.54) is 23.0 Å². The molecule has 1 aromatic heterocycles. The van der Waals surface area contributed by atoms with Crippen LogP contribution in [0.4, 0.5) is 24.7 Å². The zero-order chi connectivity index (χ0) is 21.2. The summed E-state index contributed by atoms with van der Waals surface area (Å²) in [6.07, 6.45) is -4.41. The standard InChI is InChI=1S/C19H19F3N4O3/c20-19(21,22)17(29)11-1-3-14(4-2-11)24-18-13(10-27)9-26(25-18)16-6-5-15(28)7-12(16)8-23/h1-4,9-10,12,15-17,28-29H,5-7H2,(H,24,25)/t12-,15+,16+,17-/m1/s1. The molecule has 3 rings (SSSR count). The SMILES string of the molecule is N#C[C@H]1C[C@@H](O)CC[C@@H]1n1cc(C=O)c(Nc2ccc([C@@H](O)C(F)(F)F)cc2)n1. The maximum Gasteiger partial charge on any atom is 0.418 e. The van der Waals surface area contributed by atoms with Crippen LogP contribution in [-0.2, 0) is 0 Å². The molecule has 10 heteroatoms. The van der Waals surface area contributed by atoms with Gasteiger partial charge >= 0.3 is 6.18 Å². The number of benzene rings is 1. The van der Waals surface area contributed by atoms with Crippen molar-refractivity contribution in [3.8, 4) is 6.07 Å². The molecule has 0 unspecified atom stereocenters. The number of nitrogens with one attached hydrogen (secondary N) is 1. The van der Waals surface area contributed by atoms with Crippen LogP contribution in [0.5, 0.6) is 0 Å². The average molecular weight is 408 g/mol. The molecular formula is C19H19F3N4O3. The first-order valence-corrected chi connectivity index (χ1v) is 8.96. The first-order chi connectivity index (χ1) is 13.7. The van der Waals surface area contributed by atoms with Crippen LogP contribution in [0.2, 0.25) is 0 Å². The van der Waals surface area contributed by atoms with Gasteiger partial charge in [-0.05, 0) is 37.0 Å². The molecule has 29 heavy (non-hydrogen) atoms. The second-order valence-electron chi connectivity index (χ2n) is 6.99. The number of aldehydes is 1. The normalized spacial score (nSPS) is 23.2. The quantitative estimate of drug-likeness (QED) is 0.655. The third-order valence-electron chi connectivity index (χ3n) is 4.98. The number of nitrogens with zero attached hydrogens (tertiary/aromatic N) is 3. The number of rotatable bonds is 5. The number of halogens is 3. The fourth-order valence-electron chi connectivity index (χ4n) is 3.42. The minimum Gasteiger partial charge on any atom is -0.393 e. The second kappa shape index (κ2) is 8.23. The molecule has 7 nitrogen and oxygen atoms in total. The Hall–Kier alpha value is -2.90. The van der Waals surface area contributed by atoms with E-state index in [0.717, 1.165) is 12.1 Å². The number of anilines is 2. The van der Waals surface area contributed by atoms with Crippen molar-refractivity contribution < 1.29 is 28.2 Å². The molecule has 3 N–H and O–H groups in total. The van der Waals surface area contributed by atoms with Gasteiger partial charge in [0.05, 0.1) is 29.7 Å². The zero-order valence-corrected chi connectivity index (χ0v) is 15.2. The van der Waals surface area contributed by atoms with Gasteiger partial charge in [0.25, 0.3) is 0 Å². The highest BCUT2D eigenvalue weighted by Crippen LogP contribution is 2.35. The number of aliphatic hydroxyl groups is 2. The molecule has 0 radical (unpaired) electrons. The summed E-state index contributed by atoms with van der Waals surface area (Å²) in [7, 11) is 0. The summed E-state index contributed by atoms with van der Waals surface area (Å²) < 4.78 is 39.3. The highest BCUT2D eigenvalue weighted by Gasteiger charge is 2.39. The first kappa shape index (κ1) is 20.8. The summed E-state index contributed by atoms with van der Waals surface area (Å²) in [4.78, 5) is 11.4. The molecule has 1 aromatic carbocycles. The Morgan fingerprint density at radius 2 is 2.00 bits per heavy atom. The summed E-state index contributed by atoms with van der Waals surface area (Å²) in [5.41, 5.74) is 0.307. The summed E-state index contributed by atoms with van der Waals surface area (Å²) in [6, 6.07) is 6.82. The number of hydrogen-bond acceptors (Lipinski definition) is 6. The van der Waals surface area contributed by atoms with E-state index in [9.17, 15) is 33.4 Å². The van der Waals surface area contributed by atoms with E-state index in [1.807, 2.05) is 0 Å². The van der Waals surface area contributed by atoms with E-state index in [-0.39, 0.29) is 23.0 Å². The van der Waals surface area contributed by atoms with E-state index >= 15 is 0 Å². The van der Waals surface area contributed by atoms with Gasteiger partial charge in [-0.1, -0.05) is 12.1 Å². The molecule has 0 spiro atoms. The van der Waals surface area contributed by atoms with Gasteiger partial charge in [-0.15, -0.1) is 0 Å². The number of aromatic nitrogens is 2. The lowest BCUT2D eigenvalue weighted by Crippen LogP contribution is -2.29. The van der Waals surface area contributed by atoms with E-state index in [1.54, 1.807) is 0 Å². The van der Waals surface area contributed by atoms with Gasteiger partial charge in [-0.2, -0.15) is 23.5 Å². The van der Waals surface area contributed by atoms with Crippen molar-refractivity contribution >= 4 is 17.8 Å². The first-order valence-electron chi connectivity index (χ1n) is 8.96. The van der Waals surface area contributed by atoms with Crippen LogP contribution < -0.4 is 5.32 Å². The Bertz CT molecular complexity index is 905. The molecule has 2 aromatic rings. The monoisotopic (exact) mass is 408 g/mol. The Labute approximate surface area is 164 Å². The number of nitriles is 1. The Kier molecular flexibility index (Phi) is 5.91. The van der Waals surface area contributed by atoms with Gasteiger partial charge in [-0.3, -0.25) is 9.48 Å². The van der Waals surface area contributed by atoms with Crippen LogP contribution in [0.1, 0.15) is 47.3 Å². The fraction of sp³-hybridized carbons (Fsp3) is 0.421. The number of aliphatic hydroxyl groups excluding tert-OH is 2. The predicted octanol–water partition coefficient (Wildman–Crippen LogP) is 3.26. The van der Waals surface area contributed by atoms with E-state index < -0.39 is 24.3 Å². The van der Waals surface area contributed by atoms with Crippen LogP contribution in [0, 0.1) is 17.2 Å². The van der Waals surface area contributed by atoms with E-state index in [4.69, 9.17) is 0 Å². The summed E-state index contributed by atoms with van der Waals surface area (Å²) in [6.45, 7) is 0. The van der Waals surface area contributed by atoms with Crippen molar-refractivity contribution in [2.24, 2.45) is 5.92 Å². The van der Waals surface area contributed by atoms with Crippen molar-refractivity contribution in [2.45, 2.75) is 43.7 Å². The summed E-state index contributed by atoms with van der Waals surface area (Å²) >= 11 is 0. The predicted molar refractivity (Wildman–Crippen MR) is 96.4 cm³/mol. The molecule has 4 atom stereocenters. The fourth-order valence-corrected chi connectivity index (χ4v) is 3.42. The Morgan fingerprint density at radius 3 is 2.59 bits per heavy atom. The van der Waals surface area contributed by atoms with Crippen LogP contribution in [-0.4, -0.2) is 38.6 Å². The number of hydrogen-bond donors (Lipinski definition) is 3. The summed E-state index contributed by atoms with van der Waals surface area (Å²) in [5, 5.41) is 35.6. The van der Waals surface area contributed by atoms with Crippen LogP contribution in [0.25, 0.3) is 0 Å². The van der Waals surface area contributed by atoms with Gasteiger partial charge in [0.2, 0.25) is 0 Å².